The topological polar surface area (TPSA) is 75.9 Å². The maximum absolute atomic E-state index is 12.5. The molecule has 0 saturated carbocycles. The van der Waals surface area contributed by atoms with Crippen molar-refractivity contribution < 1.29 is 4.79 Å². The van der Waals surface area contributed by atoms with E-state index in [4.69, 9.17) is 0 Å². The fourth-order valence-electron chi connectivity index (χ4n) is 2.36. The maximum atomic E-state index is 12.5. The normalized spacial score (nSPS) is 19.1. The Kier molecular flexibility index (Phi) is 3.42. The van der Waals surface area contributed by atoms with Gasteiger partial charge >= 0.3 is 0 Å². The molecule has 1 amide bonds. The zero-order valence-corrected chi connectivity index (χ0v) is 11.2. The summed E-state index contributed by atoms with van der Waals surface area (Å²) in [4.78, 5) is 14.4. The number of amides is 1. The lowest BCUT2D eigenvalue weighted by Crippen LogP contribution is -2.51. The third-order valence-electron chi connectivity index (χ3n) is 3.36. The quantitative estimate of drug-likeness (QED) is 0.839. The lowest BCUT2D eigenvalue weighted by molar-refractivity contribution is 0.0709. The number of hydrogen-bond donors (Lipinski definition) is 1. The van der Waals surface area contributed by atoms with Crippen molar-refractivity contribution in [1.82, 2.24) is 30.4 Å². The molecule has 1 unspecified atom stereocenters. The smallest absolute Gasteiger partial charge is 0.254 e. The molecule has 0 radical (unpaired) electrons. The summed E-state index contributed by atoms with van der Waals surface area (Å²) < 4.78 is 1.54. The monoisotopic (exact) mass is 272 g/mol. The van der Waals surface area contributed by atoms with E-state index >= 15 is 0 Å². The van der Waals surface area contributed by atoms with Crippen LogP contribution in [0, 0.1) is 0 Å². The summed E-state index contributed by atoms with van der Waals surface area (Å²) in [5.41, 5.74) is 1.44. The average molecular weight is 272 g/mol. The second-order valence-corrected chi connectivity index (χ2v) is 4.91. The van der Waals surface area contributed by atoms with Crippen LogP contribution in [0.4, 0.5) is 0 Å². The number of piperazine rings is 1. The number of nitrogens with zero attached hydrogens (tertiary/aromatic N) is 5. The summed E-state index contributed by atoms with van der Waals surface area (Å²) in [6.07, 6.45) is 1.51. The fraction of sp³-hybridized carbons (Fsp3) is 0.385. The Balaban J connectivity index is 1.83. The number of carbonyl (C=O) groups is 1. The third-order valence-corrected chi connectivity index (χ3v) is 3.36. The van der Waals surface area contributed by atoms with E-state index in [2.05, 4.69) is 27.8 Å². The molecule has 0 bridgehead atoms. The van der Waals surface area contributed by atoms with Gasteiger partial charge in [0, 0.05) is 31.2 Å². The van der Waals surface area contributed by atoms with E-state index in [-0.39, 0.29) is 5.91 Å². The van der Waals surface area contributed by atoms with Crippen molar-refractivity contribution in [1.29, 1.82) is 0 Å². The van der Waals surface area contributed by atoms with Crippen LogP contribution in [0.2, 0.25) is 0 Å². The first-order valence-corrected chi connectivity index (χ1v) is 6.60. The highest BCUT2D eigenvalue weighted by Gasteiger charge is 2.21. The van der Waals surface area contributed by atoms with Gasteiger partial charge in [-0.3, -0.25) is 4.79 Å². The summed E-state index contributed by atoms with van der Waals surface area (Å²) in [6, 6.07) is 7.67. The summed E-state index contributed by atoms with van der Waals surface area (Å²) in [5.74, 6) is 0.0493. The van der Waals surface area contributed by atoms with E-state index in [9.17, 15) is 4.79 Å². The lowest BCUT2D eigenvalue weighted by Gasteiger charge is -2.32. The standard InChI is InChI=1S/C13H16N6O/c1-10-8-18(6-5-14-10)13(20)11-3-2-4-12(7-11)19-9-15-16-17-19/h2-4,7,9-10,14H,5-6,8H2,1H3. The number of rotatable bonds is 2. The fourth-order valence-corrected chi connectivity index (χ4v) is 2.36. The summed E-state index contributed by atoms with van der Waals surface area (Å²) in [6.45, 7) is 4.38. The number of carbonyl (C=O) groups excluding carboxylic acids is 1. The van der Waals surface area contributed by atoms with Crippen LogP contribution < -0.4 is 5.32 Å². The maximum Gasteiger partial charge on any atom is 0.254 e. The third kappa shape index (κ3) is 2.53. The van der Waals surface area contributed by atoms with Gasteiger partial charge in [0.2, 0.25) is 0 Å². The van der Waals surface area contributed by atoms with Gasteiger partial charge in [0.15, 0.2) is 0 Å². The van der Waals surface area contributed by atoms with Gasteiger partial charge < -0.3 is 10.2 Å². The molecular formula is C13H16N6O. The molecule has 2 aromatic rings. The number of hydrogen-bond acceptors (Lipinski definition) is 5. The van der Waals surface area contributed by atoms with E-state index in [1.54, 1.807) is 0 Å². The van der Waals surface area contributed by atoms with Gasteiger partial charge in [0.1, 0.15) is 6.33 Å². The Bertz CT molecular complexity index is 597. The average Bonchev–Trinajstić information content (AvgIpc) is 3.01. The van der Waals surface area contributed by atoms with Crippen LogP contribution >= 0.6 is 0 Å². The van der Waals surface area contributed by atoms with Crippen molar-refractivity contribution >= 4 is 5.91 Å². The van der Waals surface area contributed by atoms with Crippen LogP contribution in [0.3, 0.4) is 0 Å². The predicted molar refractivity (Wildman–Crippen MR) is 72.5 cm³/mol. The van der Waals surface area contributed by atoms with Gasteiger partial charge in [-0.25, -0.2) is 4.68 Å². The zero-order valence-electron chi connectivity index (χ0n) is 11.2. The van der Waals surface area contributed by atoms with Gasteiger partial charge in [-0.15, -0.1) is 5.10 Å². The molecule has 1 saturated heterocycles. The van der Waals surface area contributed by atoms with Crippen molar-refractivity contribution in [2.75, 3.05) is 19.6 Å². The second kappa shape index (κ2) is 5.38. The van der Waals surface area contributed by atoms with Crippen molar-refractivity contribution in [2.45, 2.75) is 13.0 Å². The summed E-state index contributed by atoms with van der Waals surface area (Å²) >= 11 is 0. The highest BCUT2D eigenvalue weighted by molar-refractivity contribution is 5.94. The minimum Gasteiger partial charge on any atom is -0.336 e. The first kappa shape index (κ1) is 12.7. The first-order chi connectivity index (χ1) is 9.74. The van der Waals surface area contributed by atoms with E-state index in [1.807, 2.05) is 29.2 Å². The molecule has 20 heavy (non-hydrogen) atoms. The molecule has 7 heteroatoms. The summed E-state index contributed by atoms with van der Waals surface area (Å²) in [5, 5.41) is 14.4. The number of benzene rings is 1. The molecule has 7 nitrogen and oxygen atoms in total. The van der Waals surface area contributed by atoms with E-state index in [1.165, 1.54) is 11.0 Å². The molecule has 1 atom stereocenters. The van der Waals surface area contributed by atoms with Gasteiger partial charge in [-0.2, -0.15) is 0 Å². The van der Waals surface area contributed by atoms with Crippen molar-refractivity contribution in [2.24, 2.45) is 0 Å². The largest absolute Gasteiger partial charge is 0.336 e. The number of tetrazole rings is 1. The minimum atomic E-state index is 0.0493. The Morgan fingerprint density at radius 1 is 1.45 bits per heavy atom. The van der Waals surface area contributed by atoms with Crippen molar-refractivity contribution in [3.05, 3.63) is 36.2 Å². The number of aromatic nitrogens is 4. The van der Waals surface area contributed by atoms with Gasteiger partial charge in [0.25, 0.3) is 5.91 Å². The number of nitrogens with one attached hydrogen (secondary N) is 1. The zero-order chi connectivity index (χ0) is 13.9. The van der Waals surface area contributed by atoms with Crippen LogP contribution in [0.15, 0.2) is 30.6 Å². The van der Waals surface area contributed by atoms with Gasteiger partial charge in [0.05, 0.1) is 5.69 Å². The molecular weight excluding hydrogens is 256 g/mol. The van der Waals surface area contributed by atoms with Crippen molar-refractivity contribution in [3.63, 3.8) is 0 Å². The molecule has 104 valence electrons. The molecule has 1 aromatic carbocycles. The Morgan fingerprint density at radius 2 is 2.35 bits per heavy atom. The Hall–Kier alpha value is -2.28. The molecule has 1 N–H and O–H groups in total. The van der Waals surface area contributed by atoms with Crippen LogP contribution in [0.25, 0.3) is 5.69 Å². The van der Waals surface area contributed by atoms with E-state index < -0.39 is 0 Å². The highest BCUT2D eigenvalue weighted by atomic mass is 16.2. The lowest BCUT2D eigenvalue weighted by atomic mass is 10.1. The van der Waals surface area contributed by atoms with Crippen LogP contribution in [0.1, 0.15) is 17.3 Å². The van der Waals surface area contributed by atoms with Gasteiger partial charge in [-0.1, -0.05) is 6.07 Å². The molecule has 3 rings (SSSR count). The molecule has 1 aliphatic heterocycles. The highest BCUT2D eigenvalue weighted by Crippen LogP contribution is 2.12. The van der Waals surface area contributed by atoms with Crippen LogP contribution in [-0.2, 0) is 0 Å². The summed E-state index contributed by atoms with van der Waals surface area (Å²) in [7, 11) is 0. The van der Waals surface area contributed by atoms with Crippen molar-refractivity contribution in [3.8, 4) is 5.69 Å². The van der Waals surface area contributed by atoms with E-state index in [0.717, 1.165) is 25.3 Å². The Morgan fingerprint density at radius 3 is 3.10 bits per heavy atom. The molecule has 0 aliphatic carbocycles. The molecule has 1 fully saturated rings. The molecule has 1 aromatic heterocycles. The molecule has 1 aliphatic rings. The van der Waals surface area contributed by atoms with Crippen LogP contribution in [-0.4, -0.2) is 56.7 Å². The van der Waals surface area contributed by atoms with E-state index in [0.29, 0.717) is 11.6 Å². The first-order valence-electron chi connectivity index (χ1n) is 6.60. The molecule has 0 spiro atoms. The Labute approximate surface area is 116 Å². The second-order valence-electron chi connectivity index (χ2n) is 4.91. The molecule has 2 heterocycles. The van der Waals surface area contributed by atoms with Gasteiger partial charge in [-0.05, 0) is 35.5 Å². The minimum absolute atomic E-state index is 0.0493. The SMILES string of the molecule is CC1CN(C(=O)c2cccc(-n3cnnn3)c2)CCN1. The predicted octanol–water partition coefficient (Wildman–Crippen LogP) is 0.0962. The van der Waals surface area contributed by atoms with Crippen LogP contribution in [0.5, 0.6) is 0 Å².